The average Bonchev–Trinajstić information content (AvgIpc) is 3.13. The molecule has 1 aliphatic heterocycles. The van der Waals surface area contributed by atoms with Crippen LogP contribution in [0.25, 0.3) is 0 Å². The fourth-order valence-corrected chi connectivity index (χ4v) is 5.19. The predicted molar refractivity (Wildman–Crippen MR) is 140 cm³/mol. The molecule has 0 bridgehead atoms. The fourth-order valence-electron chi connectivity index (χ4n) is 3.68. The number of nitrogens with one attached hydrogen (secondary N) is 1. The maximum Gasteiger partial charge on any atom is 0.165 e. The number of benzene rings is 2. The Morgan fingerprint density at radius 1 is 1.12 bits per heavy atom. The molecule has 3 nitrogen and oxygen atoms in total. The molecule has 0 saturated heterocycles. The number of aryl methyl sites for hydroxylation is 2. The number of thiocarbonyl (C=S) groups is 1. The normalized spacial score (nSPS) is 15.7. The Morgan fingerprint density at radius 3 is 2.53 bits per heavy atom. The summed E-state index contributed by atoms with van der Waals surface area (Å²) in [6, 6.07) is 17.9. The van der Waals surface area contributed by atoms with Gasteiger partial charge in [0.1, 0.15) is 9.99 Å². The topological polar surface area (TPSA) is 41.5 Å². The Balaban J connectivity index is 1.58. The van der Waals surface area contributed by atoms with Crippen molar-refractivity contribution in [3.8, 4) is 0 Å². The highest BCUT2D eigenvalue weighted by Crippen LogP contribution is 2.35. The molecule has 164 valence electrons. The number of thiophene rings is 1. The molecule has 1 aliphatic rings. The van der Waals surface area contributed by atoms with E-state index >= 15 is 0 Å². The monoisotopic (exact) mass is 480 g/mol. The third-order valence-electron chi connectivity index (χ3n) is 5.53. The number of fused-ring (bicyclic) bond motifs is 1. The lowest BCUT2D eigenvalue weighted by molar-refractivity contribution is 0.0939. The van der Waals surface area contributed by atoms with Gasteiger partial charge in [-0.3, -0.25) is 9.79 Å². The Morgan fingerprint density at radius 2 is 1.84 bits per heavy atom. The lowest BCUT2D eigenvalue weighted by atomic mass is 9.99. The van der Waals surface area contributed by atoms with E-state index in [1.807, 2.05) is 57.2 Å². The van der Waals surface area contributed by atoms with Crippen LogP contribution in [0, 0.1) is 5.92 Å². The highest BCUT2D eigenvalue weighted by Gasteiger charge is 2.24. The van der Waals surface area contributed by atoms with Gasteiger partial charge in [-0.1, -0.05) is 80.1 Å². The highest BCUT2D eigenvalue weighted by molar-refractivity contribution is 7.80. The fraction of sp³-hybridized carbons (Fsp3) is 0.269. The SMILES string of the molecule is CC(C)C(=O)c1ccc(CCc2cc3c(s2)NC(=S)C(C)N=C3c2ccccc2Cl)cc1. The maximum atomic E-state index is 12.2. The van der Waals surface area contributed by atoms with E-state index in [0.717, 1.165) is 40.2 Å². The van der Waals surface area contributed by atoms with Gasteiger partial charge in [0.05, 0.1) is 11.8 Å². The summed E-state index contributed by atoms with van der Waals surface area (Å²) in [5.41, 5.74) is 4.83. The minimum absolute atomic E-state index is 0.0117. The first-order chi connectivity index (χ1) is 15.3. The molecule has 6 heteroatoms. The van der Waals surface area contributed by atoms with E-state index in [2.05, 4.69) is 23.5 Å². The number of ketones is 1. The molecule has 0 fully saturated rings. The number of nitrogens with zero attached hydrogens (tertiary/aromatic N) is 1. The van der Waals surface area contributed by atoms with Crippen molar-refractivity contribution in [3.05, 3.63) is 86.8 Å². The van der Waals surface area contributed by atoms with E-state index in [-0.39, 0.29) is 17.7 Å². The van der Waals surface area contributed by atoms with Crippen LogP contribution < -0.4 is 5.32 Å². The van der Waals surface area contributed by atoms with Gasteiger partial charge >= 0.3 is 0 Å². The number of aliphatic imine (C=N–C) groups is 1. The van der Waals surface area contributed by atoms with E-state index in [4.69, 9.17) is 28.8 Å². The van der Waals surface area contributed by atoms with Crippen LogP contribution in [-0.2, 0) is 12.8 Å². The number of halogens is 1. The third-order valence-corrected chi connectivity index (χ3v) is 7.41. The highest BCUT2D eigenvalue weighted by atomic mass is 35.5. The summed E-state index contributed by atoms with van der Waals surface area (Å²) in [5.74, 6) is 0.193. The number of anilines is 1. The number of Topliss-reactive ketones (excluding diaryl/α,β-unsaturated/α-hetero) is 1. The van der Waals surface area contributed by atoms with E-state index < -0.39 is 0 Å². The number of hydrogen-bond donors (Lipinski definition) is 1. The number of carbonyl (C=O) groups excluding carboxylic acids is 1. The average molecular weight is 481 g/mol. The van der Waals surface area contributed by atoms with E-state index in [1.54, 1.807) is 11.3 Å². The van der Waals surface area contributed by atoms with Gasteiger partial charge in [-0.15, -0.1) is 11.3 Å². The van der Waals surface area contributed by atoms with Crippen molar-refractivity contribution in [2.75, 3.05) is 5.32 Å². The zero-order valence-corrected chi connectivity index (χ0v) is 20.7. The van der Waals surface area contributed by atoms with Crippen LogP contribution in [0.4, 0.5) is 5.00 Å². The summed E-state index contributed by atoms with van der Waals surface area (Å²) in [4.78, 5) is 19.0. The zero-order chi connectivity index (χ0) is 22.8. The van der Waals surface area contributed by atoms with Crippen molar-refractivity contribution in [1.82, 2.24) is 0 Å². The van der Waals surface area contributed by atoms with Gasteiger partial charge < -0.3 is 5.32 Å². The minimum atomic E-state index is -0.119. The molecule has 1 N–H and O–H groups in total. The molecule has 0 radical (unpaired) electrons. The first-order valence-corrected chi connectivity index (χ1v) is 12.3. The van der Waals surface area contributed by atoms with Crippen LogP contribution in [0.3, 0.4) is 0 Å². The summed E-state index contributed by atoms with van der Waals surface area (Å²) in [6.45, 7) is 5.85. The summed E-state index contributed by atoms with van der Waals surface area (Å²) in [6.07, 6.45) is 1.80. The summed E-state index contributed by atoms with van der Waals surface area (Å²) in [5, 5.41) is 5.10. The molecule has 2 aromatic carbocycles. The first-order valence-electron chi connectivity index (χ1n) is 10.7. The van der Waals surface area contributed by atoms with Crippen molar-refractivity contribution in [2.24, 2.45) is 10.9 Å². The Labute approximate surface area is 203 Å². The zero-order valence-electron chi connectivity index (χ0n) is 18.3. The molecule has 1 unspecified atom stereocenters. The molecule has 1 atom stereocenters. The largest absolute Gasteiger partial charge is 0.339 e. The van der Waals surface area contributed by atoms with Gasteiger partial charge in [-0.2, -0.15) is 0 Å². The molecule has 32 heavy (non-hydrogen) atoms. The smallest absolute Gasteiger partial charge is 0.165 e. The van der Waals surface area contributed by atoms with Gasteiger partial charge in [0.25, 0.3) is 0 Å². The van der Waals surface area contributed by atoms with Crippen molar-refractivity contribution in [1.29, 1.82) is 0 Å². The van der Waals surface area contributed by atoms with Crippen LogP contribution in [0.2, 0.25) is 5.02 Å². The molecular formula is C26H25ClN2OS2. The number of rotatable bonds is 6. The van der Waals surface area contributed by atoms with E-state index in [1.165, 1.54) is 10.4 Å². The van der Waals surface area contributed by atoms with Crippen molar-refractivity contribution in [2.45, 2.75) is 39.7 Å². The van der Waals surface area contributed by atoms with E-state index in [0.29, 0.717) is 10.0 Å². The molecule has 0 aliphatic carbocycles. The Bertz CT molecular complexity index is 1190. The molecule has 0 saturated carbocycles. The van der Waals surface area contributed by atoms with Gasteiger partial charge in [0.2, 0.25) is 0 Å². The van der Waals surface area contributed by atoms with Crippen molar-refractivity contribution >= 4 is 56.6 Å². The lowest BCUT2D eigenvalue weighted by Gasteiger charge is -2.09. The Kier molecular flexibility index (Phi) is 6.89. The van der Waals surface area contributed by atoms with Gasteiger partial charge in [-0.05, 0) is 37.5 Å². The number of carbonyl (C=O) groups is 1. The summed E-state index contributed by atoms with van der Waals surface area (Å²) < 4.78 is 0. The second-order valence-corrected chi connectivity index (χ2v) is 10.3. The molecule has 2 heterocycles. The van der Waals surface area contributed by atoms with Crippen LogP contribution in [0.1, 0.15) is 52.7 Å². The summed E-state index contributed by atoms with van der Waals surface area (Å²) in [7, 11) is 0. The van der Waals surface area contributed by atoms with Crippen LogP contribution in [0.15, 0.2) is 59.6 Å². The molecule has 4 rings (SSSR count). The van der Waals surface area contributed by atoms with Crippen molar-refractivity contribution in [3.63, 3.8) is 0 Å². The molecular weight excluding hydrogens is 456 g/mol. The van der Waals surface area contributed by atoms with Gasteiger partial charge in [-0.25, -0.2) is 0 Å². The first kappa shape index (κ1) is 22.8. The van der Waals surface area contributed by atoms with Crippen LogP contribution in [0.5, 0.6) is 0 Å². The lowest BCUT2D eigenvalue weighted by Crippen LogP contribution is -2.19. The third kappa shape index (κ3) is 4.85. The maximum absolute atomic E-state index is 12.2. The molecule has 0 spiro atoms. The predicted octanol–water partition coefficient (Wildman–Crippen LogP) is 7.00. The molecule has 0 amide bonds. The quantitative estimate of drug-likeness (QED) is 0.305. The minimum Gasteiger partial charge on any atom is -0.339 e. The van der Waals surface area contributed by atoms with Crippen molar-refractivity contribution < 1.29 is 4.79 Å². The summed E-state index contributed by atoms with van der Waals surface area (Å²) >= 11 is 13.8. The molecule has 3 aromatic rings. The molecule has 1 aromatic heterocycles. The second-order valence-electron chi connectivity index (χ2n) is 8.29. The number of hydrogen-bond acceptors (Lipinski definition) is 4. The Hall–Kier alpha value is -2.34. The van der Waals surface area contributed by atoms with Gasteiger partial charge in [0.15, 0.2) is 5.78 Å². The standard InChI is InChI=1S/C26H25ClN2OS2/c1-15(2)24(30)18-11-8-17(9-12-18)10-13-19-14-21-23(20-6-4-5-7-22(20)27)28-16(3)25(31)29-26(21)32-19/h4-9,11-12,14-16H,10,13H2,1-3H3,(H,29,31). The van der Waals surface area contributed by atoms with Crippen LogP contribution >= 0.6 is 35.2 Å². The van der Waals surface area contributed by atoms with E-state index in [9.17, 15) is 4.79 Å². The van der Waals surface area contributed by atoms with Gasteiger partial charge in [0, 0.05) is 32.5 Å². The van der Waals surface area contributed by atoms with Crippen LogP contribution in [-0.4, -0.2) is 22.5 Å². The second kappa shape index (κ2) is 9.65.